The molecule has 6 nitrogen and oxygen atoms in total. The molecule has 2 heterocycles. The van der Waals surface area contributed by atoms with E-state index in [-0.39, 0.29) is 12.3 Å². The zero-order chi connectivity index (χ0) is 19.2. The number of aryl methyl sites for hydroxylation is 1. The van der Waals surface area contributed by atoms with Crippen molar-refractivity contribution in [2.45, 2.75) is 26.3 Å². The summed E-state index contributed by atoms with van der Waals surface area (Å²) in [5.74, 6) is 0.895. The van der Waals surface area contributed by atoms with Gasteiger partial charge >= 0.3 is 0 Å². The molecule has 0 aliphatic rings. The molecular formula is C19H18Cl2N4O2. The van der Waals surface area contributed by atoms with Crippen molar-refractivity contribution in [3.63, 3.8) is 0 Å². The zero-order valence-corrected chi connectivity index (χ0v) is 16.2. The van der Waals surface area contributed by atoms with Gasteiger partial charge in [-0.1, -0.05) is 34.4 Å². The molecule has 0 saturated carbocycles. The minimum atomic E-state index is 0.00435. The van der Waals surface area contributed by atoms with Crippen LogP contribution >= 0.6 is 23.2 Å². The third-order valence-electron chi connectivity index (χ3n) is 4.03. The molecule has 0 aliphatic carbocycles. The summed E-state index contributed by atoms with van der Waals surface area (Å²) in [6, 6.07) is 9.02. The number of halogens is 2. The van der Waals surface area contributed by atoms with Crippen molar-refractivity contribution in [2.75, 3.05) is 6.54 Å². The molecule has 27 heavy (non-hydrogen) atoms. The number of hydrogen-bond donors (Lipinski definition) is 0. The third kappa shape index (κ3) is 5.05. The lowest BCUT2D eigenvalue weighted by Gasteiger charge is -2.21. The Morgan fingerprint density at radius 3 is 2.78 bits per heavy atom. The van der Waals surface area contributed by atoms with E-state index in [2.05, 4.69) is 15.1 Å². The molecular weight excluding hydrogens is 387 g/mol. The first kappa shape index (κ1) is 19.3. The van der Waals surface area contributed by atoms with Gasteiger partial charge in [0.1, 0.15) is 0 Å². The van der Waals surface area contributed by atoms with Crippen LogP contribution in [0.3, 0.4) is 0 Å². The maximum atomic E-state index is 12.5. The molecule has 0 bridgehead atoms. The molecule has 1 aromatic carbocycles. The maximum absolute atomic E-state index is 12.5. The van der Waals surface area contributed by atoms with Crippen molar-refractivity contribution in [3.05, 3.63) is 64.2 Å². The third-order valence-corrected chi connectivity index (χ3v) is 4.77. The Hall–Kier alpha value is -2.44. The van der Waals surface area contributed by atoms with E-state index in [4.69, 9.17) is 27.7 Å². The van der Waals surface area contributed by atoms with Crippen molar-refractivity contribution >= 4 is 29.1 Å². The molecule has 0 radical (unpaired) electrons. The van der Waals surface area contributed by atoms with Gasteiger partial charge in [0.05, 0.1) is 10.0 Å². The molecule has 0 atom stereocenters. The summed E-state index contributed by atoms with van der Waals surface area (Å²) in [6.45, 7) is 2.99. The molecule has 140 valence electrons. The van der Waals surface area contributed by atoms with Crippen molar-refractivity contribution in [3.8, 4) is 11.4 Å². The Kier molecular flexibility index (Phi) is 6.42. The van der Waals surface area contributed by atoms with Gasteiger partial charge in [0.2, 0.25) is 17.6 Å². The van der Waals surface area contributed by atoms with Crippen LogP contribution in [0, 0.1) is 0 Å². The topological polar surface area (TPSA) is 72.1 Å². The van der Waals surface area contributed by atoms with Crippen molar-refractivity contribution < 1.29 is 9.32 Å². The molecule has 8 heteroatoms. The van der Waals surface area contributed by atoms with Crippen molar-refractivity contribution in [1.29, 1.82) is 0 Å². The second-order valence-electron chi connectivity index (χ2n) is 5.91. The van der Waals surface area contributed by atoms with E-state index in [0.29, 0.717) is 41.3 Å². The lowest BCUT2D eigenvalue weighted by Crippen LogP contribution is -2.30. The monoisotopic (exact) mass is 404 g/mol. The average Bonchev–Trinajstić information content (AvgIpc) is 3.16. The molecule has 3 rings (SSSR count). The zero-order valence-electron chi connectivity index (χ0n) is 14.7. The second kappa shape index (κ2) is 8.97. The number of carbonyl (C=O) groups excluding carboxylic acids is 1. The average molecular weight is 405 g/mol. The Morgan fingerprint density at radius 2 is 2.07 bits per heavy atom. The van der Waals surface area contributed by atoms with E-state index >= 15 is 0 Å². The van der Waals surface area contributed by atoms with E-state index in [9.17, 15) is 4.79 Å². The van der Waals surface area contributed by atoms with Crippen molar-refractivity contribution in [1.82, 2.24) is 20.0 Å². The van der Waals surface area contributed by atoms with Gasteiger partial charge in [-0.15, -0.1) is 0 Å². The Morgan fingerprint density at radius 1 is 1.22 bits per heavy atom. The molecule has 1 amide bonds. The smallest absolute Gasteiger partial charge is 0.227 e. The first-order valence-electron chi connectivity index (χ1n) is 8.51. The van der Waals surface area contributed by atoms with Crippen LogP contribution in [0.4, 0.5) is 0 Å². The summed E-state index contributed by atoms with van der Waals surface area (Å²) in [7, 11) is 0. The Bertz CT molecular complexity index is 915. The van der Waals surface area contributed by atoms with Gasteiger partial charge in [-0.2, -0.15) is 4.98 Å². The fourth-order valence-electron chi connectivity index (χ4n) is 2.58. The molecule has 3 aromatic rings. The molecule has 0 N–H and O–H groups in total. The van der Waals surface area contributed by atoms with Gasteiger partial charge in [-0.3, -0.25) is 9.78 Å². The van der Waals surface area contributed by atoms with Crippen LogP contribution in [0.15, 0.2) is 47.2 Å². The Balaban J connectivity index is 1.59. The number of benzene rings is 1. The van der Waals surface area contributed by atoms with Crippen LogP contribution in [-0.4, -0.2) is 32.5 Å². The number of nitrogens with zero attached hydrogens (tertiary/aromatic N) is 4. The highest BCUT2D eigenvalue weighted by Crippen LogP contribution is 2.23. The van der Waals surface area contributed by atoms with Crippen LogP contribution in [0.1, 0.15) is 24.8 Å². The summed E-state index contributed by atoms with van der Waals surface area (Å²) in [5.41, 5.74) is 1.70. The van der Waals surface area contributed by atoms with Crippen LogP contribution in [-0.2, 0) is 17.8 Å². The SMILES string of the molecule is CCN(Cc1ccc(Cl)c(Cl)c1)C(=O)CCc1nc(-c2cccnc2)no1. The highest BCUT2D eigenvalue weighted by atomic mass is 35.5. The van der Waals surface area contributed by atoms with E-state index in [0.717, 1.165) is 11.1 Å². The highest BCUT2D eigenvalue weighted by Gasteiger charge is 2.15. The van der Waals surface area contributed by atoms with Crippen LogP contribution in [0.5, 0.6) is 0 Å². The summed E-state index contributed by atoms with van der Waals surface area (Å²) < 4.78 is 5.24. The first-order valence-corrected chi connectivity index (χ1v) is 9.27. The van der Waals surface area contributed by atoms with Crippen molar-refractivity contribution in [2.24, 2.45) is 0 Å². The lowest BCUT2D eigenvalue weighted by atomic mass is 10.2. The molecule has 2 aromatic heterocycles. The normalized spacial score (nSPS) is 10.8. The van der Waals surface area contributed by atoms with E-state index in [1.54, 1.807) is 35.5 Å². The van der Waals surface area contributed by atoms with E-state index < -0.39 is 0 Å². The van der Waals surface area contributed by atoms with Gasteiger partial charge in [0.25, 0.3) is 0 Å². The number of aromatic nitrogens is 3. The second-order valence-corrected chi connectivity index (χ2v) is 6.72. The van der Waals surface area contributed by atoms with E-state index in [1.165, 1.54) is 0 Å². The summed E-state index contributed by atoms with van der Waals surface area (Å²) in [4.78, 5) is 22.6. The lowest BCUT2D eigenvalue weighted by molar-refractivity contribution is -0.131. The maximum Gasteiger partial charge on any atom is 0.227 e. The van der Waals surface area contributed by atoms with Gasteiger partial charge in [0, 0.05) is 43.9 Å². The molecule has 0 saturated heterocycles. The van der Waals surface area contributed by atoms with Crippen LogP contribution in [0.2, 0.25) is 10.0 Å². The highest BCUT2D eigenvalue weighted by molar-refractivity contribution is 6.42. The Labute approximate surface area is 167 Å². The quantitative estimate of drug-likeness (QED) is 0.582. The van der Waals surface area contributed by atoms with Gasteiger partial charge in [-0.05, 0) is 36.8 Å². The summed E-state index contributed by atoms with van der Waals surface area (Å²) in [5, 5.41) is 4.91. The molecule has 0 fully saturated rings. The number of rotatable bonds is 7. The van der Waals surface area contributed by atoms with E-state index in [1.807, 2.05) is 19.1 Å². The molecule has 0 unspecified atom stereocenters. The molecule has 0 aliphatic heterocycles. The van der Waals surface area contributed by atoms with Crippen LogP contribution in [0.25, 0.3) is 11.4 Å². The van der Waals surface area contributed by atoms with Gasteiger partial charge in [0.15, 0.2) is 0 Å². The number of carbonyl (C=O) groups is 1. The summed E-state index contributed by atoms with van der Waals surface area (Å²) in [6.07, 6.45) is 4.00. The molecule has 0 spiro atoms. The minimum Gasteiger partial charge on any atom is -0.339 e. The number of hydrogen-bond acceptors (Lipinski definition) is 5. The van der Waals surface area contributed by atoms with Gasteiger partial charge in [-0.25, -0.2) is 0 Å². The first-order chi connectivity index (χ1) is 13.1. The summed E-state index contributed by atoms with van der Waals surface area (Å²) >= 11 is 12.0. The van der Waals surface area contributed by atoms with Gasteiger partial charge < -0.3 is 9.42 Å². The minimum absolute atomic E-state index is 0.00435. The number of pyridine rings is 1. The predicted octanol–water partition coefficient (Wildman–Crippen LogP) is 4.42. The largest absolute Gasteiger partial charge is 0.339 e. The number of amides is 1. The predicted molar refractivity (Wildman–Crippen MR) is 103 cm³/mol. The standard InChI is InChI=1S/C19H18Cl2N4O2/c1-2-25(12-13-5-6-15(20)16(21)10-13)18(26)8-7-17-23-19(24-27-17)14-4-3-9-22-11-14/h3-6,9-11H,2,7-8,12H2,1H3. The fraction of sp³-hybridized carbons (Fsp3) is 0.263. The van der Waals surface area contributed by atoms with Crippen LogP contribution < -0.4 is 0 Å². The fourth-order valence-corrected chi connectivity index (χ4v) is 2.90.